The van der Waals surface area contributed by atoms with Crippen LogP contribution < -0.4 is 0 Å². The summed E-state index contributed by atoms with van der Waals surface area (Å²) in [5, 5.41) is 13.0. The molecule has 100 valence electrons. The first-order valence-electron chi connectivity index (χ1n) is 5.72. The summed E-state index contributed by atoms with van der Waals surface area (Å²) >= 11 is 3.39. The number of hydrogen-bond donors (Lipinski definition) is 1. The van der Waals surface area contributed by atoms with Crippen LogP contribution in [0.25, 0.3) is 22.8 Å². The molecule has 0 bridgehead atoms. The van der Waals surface area contributed by atoms with E-state index in [1.54, 1.807) is 0 Å². The molecule has 0 radical (unpaired) electrons. The van der Waals surface area contributed by atoms with E-state index in [1.165, 1.54) is 12.1 Å². The second-order valence-electron chi connectivity index (χ2n) is 4.07. The molecule has 4 nitrogen and oxygen atoms in total. The topological polar surface area (TPSA) is 59.2 Å². The molecule has 1 heterocycles. The van der Waals surface area contributed by atoms with Gasteiger partial charge in [0, 0.05) is 16.1 Å². The minimum Gasteiger partial charge on any atom is -0.508 e. The summed E-state index contributed by atoms with van der Waals surface area (Å²) in [7, 11) is 0. The largest absolute Gasteiger partial charge is 0.508 e. The van der Waals surface area contributed by atoms with Gasteiger partial charge < -0.3 is 9.63 Å². The predicted octanol–water partition coefficient (Wildman–Crippen LogP) is 4.01. The maximum absolute atomic E-state index is 13.7. The Kier molecular flexibility index (Phi) is 3.23. The van der Waals surface area contributed by atoms with E-state index >= 15 is 0 Å². The zero-order chi connectivity index (χ0) is 14.1. The van der Waals surface area contributed by atoms with E-state index in [0.717, 1.165) is 16.1 Å². The Morgan fingerprint density at radius 1 is 1.10 bits per heavy atom. The van der Waals surface area contributed by atoms with Crippen LogP contribution in [0.15, 0.2) is 51.5 Å². The third-order valence-electron chi connectivity index (χ3n) is 2.72. The number of halogens is 2. The third-order valence-corrected chi connectivity index (χ3v) is 3.42. The molecule has 20 heavy (non-hydrogen) atoms. The van der Waals surface area contributed by atoms with Gasteiger partial charge in [-0.2, -0.15) is 4.98 Å². The van der Waals surface area contributed by atoms with Crippen molar-refractivity contribution < 1.29 is 14.0 Å². The fraction of sp³-hybridized carbons (Fsp3) is 0. The number of phenols is 1. The summed E-state index contributed by atoms with van der Waals surface area (Å²) in [5.41, 5.74) is 0.898. The highest BCUT2D eigenvalue weighted by atomic mass is 79.9. The van der Waals surface area contributed by atoms with E-state index in [9.17, 15) is 9.50 Å². The summed E-state index contributed by atoms with van der Waals surface area (Å²) in [6, 6.07) is 11.1. The van der Waals surface area contributed by atoms with Crippen molar-refractivity contribution in [3.8, 4) is 28.6 Å². The molecular weight excluding hydrogens is 327 g/mol. The van der Waals surface area contributed by atoms with E-state index in [2.05, 4.69) is 26.1 Å². The third kappa shape index (κ3) is 2.30. The van der Waals surface area contributed by atoms with Crippen molar-refractivity contribution in [1.82, 2.24) is 10.1 Å². The van der Waals surface area contributed by atoms with Crippen LogP contribution in [0, 0.1) is 5.82 Å². The van der Waals surface area contributed by atoms with Gasteiger partial charge >= 0.3 is 0 Å². The van der Waals surface area contributed by atoms with Gasteiger partial charge in [-0.1, -0.05) is 33.2 Å². The van der Waals surface area contributed by atoms with Crippen molar-refractivity contribution in [1.29, 1.82) is 0 Å². The first-order valence-corrected chi connectivity index (χ1v) is 6.52. The molecule has 0 aliphatic carbocycles. The fourth-order valence-electron chi connectivity index (χ4n) is 1.76. The van der Waals surface area contributed by atoms with Crippen LogP contribution in [0.4, 0.5) is 4.39 Å². The van der Waals surface area contributed by atoms with Crippen LogP contribution in [0.2, 0.25) is 0 Å². The van der Waals surface area contributed by atoms with E-state index in [1.807, 2.05) is 24.3 Å². The minimum absolute atomic E-state index is 0.0632. The monoisotopic (exact) mass is 334 g/mol. The van der Waals surface area contributed by atoms with Crippen molar-refractivity contribution in [3.63, 3.8) is 0 Å². The Labute approximate surface area is 122 Å². The summed E-state index contributed by atoms with van der Waals surface area (Å²) in [6.45, 7) is 0. The number of hydrogen-bond acceptors (Lipinski definition) is 4. The van der Waals surface area contributed by atoms with Gasteiger partial charge in [0.15, 0.2) is 0 Å². The molecule has 0 aliphatic heterocycles. The molecule has 1 N–H and O–H groups in total. The Morgan fingerprint density at radius 3 is 2.65 bits per heavy atom. The second kappa shape index (κ2) is 5.05. The smallest absolute Gasteiger partial charge is 0.261 e. The van der Waals surface area contributed by atoms with Crippen LogP contribution in [0.3, 0.4) is 0 Å². The van der Waals surface area contributed by atoms with E-state index in [0.29, 0.717) is 5.82 Å². The molecule has 0 fully saturated rings. The van der Waals surface area contributed by atoms with Gasteiger partial charge in [0.2, 0.25) is 5.82 Å². The molecular formula is C14H8BrFN2O2. The maximum atomic E-state index is 13.7. The molecule has 0 atom stereocenters. The molecule has 3 aromatic rings. The van der Waals surface area contributed by atoms with Crippen molar-refractivity contribution in [2.24, 2.45) is 0 Å². The Bertz CT molecular complexity index is 773. The molecule has 0 aliphatic rings. The minimum atomic E-state index is -0.618. The molecule has 0 amide bonds. The number of aromatic hydroxyl groups is 1. The number of benzene rings is 2. The molecule has 0 saturated carbocycles. The Morgan fingerprint density at radius 2 is 1.90 bits per heavy atom. The van der Waals surface area contributed by atoms with Crippen LogP contribution in [0.5, 0.6) is 5.75 Å². The number of aromatic nitrogens is 2. The van der Waals surface area contributed by atoms with Crippen LogP contribution in [0.1, 0.15) is 0 Å². The van der Waals surface area contributed by atoms with Crippen molar-refractivity contribution in [2.45, 2.75) is 0 Å². The van der Waals surface area contributed by atoms with Gasteiger partial charge in [0.05, 0.1) is 5.56 Å². The van der Waals surface area contributed by atoms with Gasteiger partial charge in [-0.25, -0.2) is 4.39 Å². The molecule has 6 heteroatoms. The molecule has 3 rings (SSSR count). The Balaban J connectivity index is 2.04. The first-order chi connectivity index (χ1) is 9.65. The van der Waals surface area contributed by atoms with Gasteiger partial charge in [-0.15, -0.1) is 0 Å². The highest BCUT2D eigenvalue weighted by Gasteiger charge is 2.15. The highest BCUT2D eigenvalue weighted by molar-refractivity contribution is 9.10. The average molecular weight is 335 g/mol. The first kappa shape index (κ1) is 12.8. The predicted molar refractivity (Wildman–Crippen MR) is 74.5 cm³/mol. The fourth-order valence-corrected chi connectivity index (χ4v) is 2.22. The SMILES string of the molecule is Oc1ccc(-c2nc(-c3ccccc3Br)no2)c(F)c1. The zero-order valence-electron chi connectivity index (χ0n) is 10.0. The number of rotatable bonds is 2. The van der Waals surface area contributed by atoms with Gasteiger partial charge in [0.1, 0.15) is 11.6 Å². The molecule has 0 unspecified atom stereocenters. The standard InChI is InChI=1S/C14H8BrFN2O2/c15-11-4-2-1-3-9(11)13-17-14(20-18-13)10-6-5-8(19)7-12(10)16/h1-7,19H. The van der Waals surface area contributed by atoms with E-state index in [4.69, 9.17) is 4.52 Å². The van der Waals surface area contributed by atoms with Gasteiger partial charge in [0.25, 0.3) is 5.89 Å². The van der Waals surface area contributed by atoms with Crippen molar-refractivity contribution >= 4 is 15.9 Å². The van der Waals surface area contributed by atoms with Crippen LogP contribution >= 0.6 is 15.9 Å². The van der Waals surface area contributed by atoms with Gasteiger partial charge in [-0.05, 0) is 24.3 Å². The molecule has 2 aromatic carbocycles. The van der Waals surface area contributed by atoms with Crippen molar-refractivity contribution in [3.05, 3.63) is 52.8 Å². The number of nitrogens with zero attached hydrogens (tertiary/aromatic N) is 2. The van der Waals surface area contributed by atoms with Crippen LogP contribution in [-0.2, 0) is 0 Å². The molecule has 0 spiro atoms. The normalized spacial score (nSPS) is 10.7. The summed E-state index contributed by atoms with van der Waals surface area (Å²) in [5.74, 6) is -0.350. The van der Waals surface area contributed by atoms with Crippen molar-refractivity contribution in [2.75, 3.05) is 0 Å². The van der Waals surface area contributed by atoms with Gasteiger partial charge in [-0.3, -0.25) is 0 Å². The van der Waals surface area contributed by atoms with E-state index < -0.39 is 5.82 Å². The van der Waals surface area contributed by atoms with Crippen LogP contribution in [-0.4, -0.2) is 15.2 Å². The lowest BCUT2D eigenvalue weighted by atomic mass is 10.2. The van der Waals surface area contributed by atoms with E-state index in [-0.39, 0.29) is 17.2 Å². The average Bonchev–Trinajstić information content (AvgIpc) is 2.88. The molecule has 1 aromatic heterocycles. The zero-order valence-corrected chi connectivity index (χ0v) is 11.6. The summed E-state index contributed by atoms with van der Waals surface area (Å²) in [4.78, 5) is 4.17. The summed E-state index contributed by atoms with van der Waals surface area (Å²) < 4.78 is 19.6. The highest BCUT2D eigenvalue weighted by Crippen LogP contribution is 2.29. The lowest BCUT2D eigenvalue weighted by molar-refractivity contribution is 0.428. The quantitative estimate of drug-likeness (QED) is 0.769. The summed E-state index contributed by atoms with van der Waals surface area (Å²) in [6.07, 6.45) is 0. The second-order valence-corrected chi connectivity index (χ2v) is 4.92. The number of phenolic OH excluding ortho intramolecular Hbond substituents is 1. The molecule has 0 saturated heterocycles. The Hall–Kier alpha value is -2.21. The maximum Gasteiger partial charge on any atom is 0.261 e. The lowest BCUT2D eigenvalue weighted by Gasteiger charge is -1.98. The lowest BCUT2D eigenvalue weighted by Crippen LogP contribution is -1.85.